The van der Waals surface area contributed by atoms with E-state index in [1.165, 1.54) is 6.07 Å². The molecule has 3 rings (SSSR count). The van der Waals surface area contributed by atoms with Gasteiger partial charge in [-0.1, -0.05) is 17.7 Å². The van der Waals surface area contributed by atoms with Gasteiger partial charge >= 0.3 is 0 Å². The van der Waals surface area contributed by atoms with E-state index in [0.717, 1.165) is 60.6 Å². The topological polar surface area (TPSA) is 57.6 Å². The molecule has 1 atom stereocenters. The van der Waals surface area contributed by atoms with Crippen molar-refractivity contribution in [3.05, 3.63) is 58.6 Å². The molecule has 7 heteroatoms. The molecule has 2 aromatic rings. The minimum Gasteiger partial charge on any atom is -0.365 e. The molecule has 1 aliphatic heterocycles. The Bertz CT molecular complexity index is 957. The van der Waals surface area contributed by atoms with Crippen LogP contribution in [0.3, 0.4) is 0 Å². The quantitative estimate of drug-likeness (QED) is 0.557. The Morgan fingerprint density at radius 1 is 1.14 bits per heavy atom. The van der Waals surface area contributed by atoms with E-state index in [1.54, 1.807) is 12.1 Å². The number of rotatable bonds is 5. The average Bonchev–Trinajstić information content (AvgIpc) is 2.88. The van der Waals surface area contributed by atoms with Crippen LogP contribution in [0.4, 0.5) is 5.69 Å². The highest BCUT2D eigenvalue weighted by atomic mass is 35.5. The standard InChI is InChI=1S/C22H29ClN2O3S/c1-4-25(5-2)13-12-24(20-9-7-19(23)8-10-20)15-18(16-25)22-14-21(29(26,27)28)11-6-17(22)3/h6-11,14,18H,4-5,12-13,15-16H2,1-3H3/p+1. The number of halogens is 1. The van der Waals surface area contributed by atoms with Crippen LogP contribution in [0.15, 0.2) is 47.4 Å². The zero-order valence-corrected chi connectivity index (χ0v) is 18.9. The van der Waals surface area contributed by atoms with E-state index in [4.69, 9.17) is 11.6 Å². The van der Waals surface area contributed by atoms with Gasteiger partial charge < -0.3 is 9.38 Å². The van der Waals surface area contributed by atoms with Crippen molar-refractivity contribution < 1.29 is 17.5 Å². The molecule has 0 amide bonds. The summed E-state index contributed by atoms with van der Waals surface area (Å²) in [5, 5.41) is 0.712. The van der Waals surface area contributed by atoms with Gasteiger partial charge in [-0.3, -0.25) is 4.55 Å². The van der Waals surface area contributed by atoms with Gasteiger partial charge in [0.1, 0.15) is 0 Å². The van der Waals surface area contributed by atoms with Crippen molar-refractivity contribution in [1.82, 2.24) is 0 Å². The lowest BCUT2D eigenvalue weighted by molar-refractivity contribution is -0.923. The predicted octanol–water partition coefficient (Wildman–Crippen LogP) is 4.36. The molecule has 1 saturated heterocycles. The van der Waals surface area contributed by atoms with Crippen molar-refractivity contribution in [1.29, 1.82) is 0 Å². The summed E-state index contributed by atoms with van der Waals surface area (Å²) < 4.78 is 34.0. The van der Waals surface area contributed by atoms with E-state index in [1.807, 2.05) is 31.2 Å². The lowest BCUT2D eigenvalue weighted by Crippen LogP contribution is -2.51. The van der Waals surface area contributed by atoms with E-state index < -0.39 is 10.1 Å². The Morgan fingerprint density at radius 2 is 1.79 bits per heavy atom. The van der Waals surface area contributed by atoms with Crippen LogP contribution in [-0.4, -0.2) is 56.7 Å². The third-order valence-corrected chi connectivity index (χ3v) is 7.52. The molecule has 29 heavy (non-hydrogen) atoms. The maximum Gasteiger partial charge on any atom is 0.294 e. The molecule has 0 aromatic heterocycles. The minimum absolute atomic E-state index is 0.0357. The van der Waals surface area contributed by atoms with Gasteiger partial charge in [0.2, 0.25) is 0 Å². The fraction of sp³-hybridized carbons (Fsp3) is 0.455. The number of likely N-dealkylation sites (N-methyl/N-ethyl adjacent to an activating group) is 1. The van der Waals surface area contributed by atoms with Gasteiger partial charge in [0, 0.05) is 17.3 Å². The van der Waals surface area contributed by atoms with Gasteiger partial charge in [-0.2, -0.15) is 8.42 Å². The number of hydrogen-bond acceptors (Lipinski definition) is 3. The summed E-state index contributed by atoms with van der Waals surface area (Å²) >= 11 is 6.08. The first kappa shape index (κ1) is 22.1. The number of hydrogen-bond donors (Lipinski definition) is 1. The van der Waals surface area contributed by atoms with E-state index in [2.05, 4.69) is 18.7 Å². The summed E-state index contributed by atoms with van der Waals surface area (Å²) in [7, 11) is -4.23. The summed E-state index contributed by atoms with van der Waals surface area (Å²) in [6.45, 7) is 12.2. The van der Waals surface area contributed by atoms with Gasteiger partial charge in [-0.15, -0.1) is 0 Å². The summed E-state index contributed by atoms with van der Waals surface area (Å²) in [4.78, 5) is 2.33. The molecule has 2 aromatic carbocycles. The van der Waals surface area contributed by atoms with Crippen molar-refractivity contribution in [2.45, 2.75) is 31.6 Å². The Balaban J connectivity index is 2.05. The summed E-state index contributed by atoms with van der Waals surface area (Å²) in [5.41, 5.74) is 3.16. The smallest absolute Gasteiger partial charge is 0.294 e. The van der Waals surface area contributed by atoms with Crippen LogP contribution in [0.2, 0.25) is 5.02 Å². The molecule has 1 fully saturated rings. The maximum atomic E-state index is 11.7. The molecule has 0 spiro atoms. The lowest BCUT2D eigenvalue weighted by atomic mass is 9.93. The average molecular weight is 438 g/mol. The molecule has 0 bridgehead atoms. The second-order valence-electron chi connectivity index (χ2n) is 7.99. The van der Waals surface area contributed by atoms with Crippen molar-refractivity contribution in [2.24, 2.45) is 0 Å². The third-order valence-electron chi connectivity index (χ3n) is 6.41. The zero-order chi connectivity index (χ0) is 21.2. The molecule has 1 heterocycles. The number of quaternary nitrogens is 1. The van der Waals surface area contributed by atoms with Gasteiger partial charge in [0.15, 0.2) is 0 Å². The van der Waals surface area contributed by atoms with Gasteiger partial charge in [-0.25, -0.2) is 0 Å². The Morgan fingerprint density at radius 3 is 2.38 bits per heavy atom. The van der Waals surface area contributed by atoms with E-state index in [-0.39, 0.29) is 10.8 Å². The minimum atomic E-state index is -4.23. The number of nitrogens with zero attached hydrogens (tertiary/aromatic N) is 2. The van der Waals surface area contributed by atoms with Gasteiger partial charge in [-0.05, 0) is 68.3 Å². The highest BCUT2D eigenvalue weighted by Gasteiger charge is 2.35. The van der Waals surface area contributed by atoms with Gasteiger partial charge in [0.25, 0.3) is 10.1 Å². The monoisotopic (exact) mass is 437 g/mol. The van der Waals surface area contributed by atoms with Crippen LogP contribution in [0.25, 0.3) is 0 Å². The van der Waals surface area contributed by atoms with E-state index in [0.29, 0.717) is 5.02 Å². The van der Waals surface area contributed by atoms with Gasteiger partial charge in [0.05, 0.1) is 43.5 Å². The van der Waals surface area contributed by atoms with Crippen molar-refractivity contribution in [3.63, 3.8) is 0 Å². The highest BCUT2D eigenvalue weighted by Crippen LogP contribution is 2.32. The van der Waals surface area contributed by atoms with Crippen LogP contribution < -0.4 is 4.90 Å². The Kier molecular flexibility index (Phi) is 6.58. The molecule has 1 N–H and O–H groups in total. The van der Waals surface area contributed by atoms with Crippen molar-refractivity contribution >= 4 is 27.4 Å². The number of aryl methyl sites for hydroxylation is 1. The summed E-state index contributed by atoms with van der Waals surface area (Å²) in [6.07, 6.45) is 0. The molecule has 0 aliphatic carbocycles. The van der Waals surface area contributed by atoms with Crippen LogP contribution in [0, 0.1) is 6.92 Å². The first-order valence-corrected chi connectivity index (χ1v) is 11.9. The fourth-order valence-electron chi connectivity index (χ4n) is 4.41. The SMILES string of the molecule is CC[N+]1(CC)CCN(c2ccc(Cl)cc2)CC(c2cc(S(=O)(=O)O)ccc2C)C1. The summed E-state index contributed by atoms with van der Waals surface area (Å²) in [6, 6.07) is 12.8. The van der Waals surface area contributed by atoms with E-state index in [9.17, 15) is 13.0 Å². The molecule has 1 unspecified atom stereocenters. The fourth-order valence-corrected chi connectivity index (χ4v) is 5.05. The van der Waals surface area contributed by atoms with E-state index >= 15 is 0 Å². The zero-order valence-electron chi connectivity index (χ0n) is 17.3. The highest BCUT2D eigenvalue weighted by molar-refractivity contribution is 7.85. The predicted molar refractivity (Wildman–Crippen MR) is 118 cm³/mol. The Labute approximate surface area is 179 Å². The Hall–Kier alpha value is -1.60. The second-order valence-corrected chi connectivity index (χ2v) is 9.85. The third kappa shape index (κ3) is 4.94. The number of anilines is 1. The molecule has 5 nitrogen and oxygen atoms in total. The molecule has 0 radical (unpaired) electrons. The number of benzene rings is 2. The first-order valence-electron chi connectivity index (χ1n) is 10.1. The normalized spacial score (nSPS) is 19.8. The molecule has 158 valence electrons. The lowest BCUT2D eigenvalue weighted by Gasteiger charge is -2.37. The maximum absolute atomic E-state index is 11.7. The van der Waals surface area contributed by atoms with Crippen LogP contribution >= 0.6 is 11.6 Å². The molecular formula is C22H30ClN2O3S+. The van der Waals surface area contributed by atoms with Crippen LogP contribution in [-0.2, 0) is 10.1 Å². The van der Waals surface area contributed by atoms with Crippen LogP contribution in [0.1, 0.15) is 30.9 Å². The van der Waals surface area contributed by atoms with Crippen LogP contribution in [0.5, 0.6) is 0 Å². The first-order chi connectivity index (χ1) is 13.7. The molecule has 0 saturated carbocycles. The second kappa shape index (κ2) is 8.64. The summed E-state index contributed by atoms with van der Waals surface area (Å²) in [5.74, 6) is 0.148. The molecular weight excluding hydrogens is 408 g/mol. The van der Waals surface area contributed by atoms with Crippen molar-refractivity contribution in [2.75, 3.05) is 44.2 Å². The largest absolute Gasteiger partial charge is 0.365 e. The van der Waals surface area contributed by atoms with Crippen molar-refractivity contribution in [3.8, 4) is 0 Å². The molecule has 1 aliphatic rings.